The molecule has 116 valence electrons. The van der Waals surface area contributed by atoms with Crippen molar-refractivity contribution in [3.05, 3.63) is 65.6 Å². The number of hydrogen-bond donors (Lipinski definition) is 0. The summed E-state index contributed by atoms with van der Waals surface area (Å²) in [7, 11) is 0. The van der Waals surface area contributed by atoms with Crippen molar-refractivity contribution >= 4 is 0 Å². The Morgan fingerprint density at radius 3 is 2.91 bits per heavy atom. The summed E-state index contributed by atoms with van der Waals surface area (Å²) in [5.74, 6) is 1.53. The smallest absolute Gasteiger partial charge is 0.226 e. The Balaban J connectivity index is 1.47. The molecule has 3 aromatic rings. The molecular formula is C18H18N4O. The predicted molar refractivity (Wildman–Crippen MR) is 86.5 cm³/mol. The Bertz CT molecular complexity index is 813. The van der Waals surface area contributed by atoms with Gasteiger partial charge in [0.2, 0.25) is 5.89 Å². The second-order valence-corrected chi connectivity index (χ2v) is 5.86. The summed E-state index contributed by atoms with van der Waals surface area (Å²) in [6.07, 6.45) is 4.66. The number of aryl methyl sites for hydroxylation is 1. The van der Waals surface area contributed by atoms with Crippen molar-refractivity contribution in [3.8, 4) is 11.5 Å². The third-order valence-corrected chi connectivity index (χ3v) is 4.09. The molecule has 5 nitrogen and oxygen atoms in total. The lowest BCUT2D eigenvalue weighted by molar-refractivity contribution is 0.239. The summed E-state index contributed by atoms with van der Waals surface area (Å²) in [5, 5.41) is 0. The van der Waals surface area contributed by atoms with E-state index in [1.807, 2.05) is 43.5 Å². The van der Waals surface area contributed by atoms with Crippen molar-refractivity contribution in [1.29, 1.82) is 0 Å². The van der Waals surface area contributed by atoms with Crippen molar-refractivity contribution in [1.82, 2.24) is 19.9 Å². The van der Waals surface area contributed by atoms with Crippen LogP contribution in [0.25, 0.3) is 11.5 Å². The predicted octanol–water partition coefficient (Wildman–Crippen LogP) is 3.00. The molecule has 0 fully saturated rings. The average molecular weight is 306 g/mol. The van der Waals surface area contributed by atoms with Gasteiger partial charge < -0.3 is 4.42 Å². The lowest BCUT2D eigenvalue weighted by Gasteiger charge is -2.27. The van der Waals surface area contributed by atoms with Crippen LogP contribution >= 0.6 is 0 Å². The number of oxazole rings is 1. The topological polar surface area (TPSA) is 55.1 Å². The zero-order valence-electron chi connectivity index (χ0n) is 13.1. The molecule has 0 atom stereocenters. The highest BCUT2D eigenvalue weighted by molar-refractivity contribution is 5.52. The quantitative estimate of drug-likeness (QED) is 0.744. The molecule has 0 spiro atoms. The molecule has 2 aromatic heterocycles. The molecule has 3 heterocycles. The minimum Gasteiger partial charge on any atom is -0.444 e. The number of fused-ring (bicyclic) bond motifs is 1. The molecule has 0 amide bonds. The zero-order valence-corrected chi connectivity index (χ0v) is 13.1. The Kier molecular flexibility index (Phi) is 3.63. The molecule has 0 radical (unpaired) electrons. The normalized spacial score (nSPS) is 14.7. The van der Waals surface area contributed by atoms with E-state index >= 15 is 0 Å². The van der Waals surface area contributed by atoms with Crippen molar-refractivity contribution in [2.24, 2.45) is 0 Å². The van der Waals surface area contributed by atoms with Gasteiger partial charge in [-0.15, -0.1) is 0 Å². The SMILES string of the molecule is Cc1ncc2c(n1)CCN(Cc1coc(-c3ccccc3)n1)C2. The van der Waals surface area contributed by atoms with Gasteiger partial charge in [-0.3, -0.25) is 4.90 Å². The minimum atomic E-state index is 0.678. The fourth-order valence-electron chi connectivity index (χ4n) is 2.93. The number of aromatic nitrogens is 3. The fourth-order valence-corrected chi connectivity index (χ4v) is 2.93. The second-order valence-electron chi connectivity index (χ2n) is 5.86. The molecule has 1 aliphatic rings. The van der Waals surface area contributed by atoms with Crippen LogP contribution in [0.5, 0.6) is 0 Å². The van der Waals surface area contributed by atoms with Gasteiger partial charge in [0.05, 0.1) is 5.69 Å². The van der Waals surface area contributed by atoms with Crippen LogP contribution in [0.4, 0.5) is 0 Å². The van der Waals surface area contributed by atoms with Gasteiger partial charge >= 0.3 is 0 Å². The van der Waals surface area contributed by atoms with Gasteiger partial charge in [0.1, 0.15) is 12.1 Å². The Morgan fingerprint density at radius 1 is 1.17 bits per heavy atom. The van der Waals surface area contributed by atoms with Gasteiger partial charge in [0.25, 0.3) is 0 Å². The lowest BCUT2D eigenvalue weighted by atomic mass is 10.1. The molecule has 4 rings (SSSR count). The first-order chi connectivity index (χ1) is 11.3. The van der Waals surface area contributed by atoms with Crippen LogP contribution in [0, 0.1) is 6.92 Å². The molecule has 0 saturated heterocycles. The van der Waals surface area contributed by atoms with E-state index in [9.17, 15) is 0 Å². The maximum Gasteiger partial charge on any atom is 0.226 e. The molecular weight excluding hydrogens is 288 g/mol. The summed E-state index contributed by atoms with van der Waals surface area (Å²) in [6, 6.07) is 9.98. The molecule has 5 heteroatoms. The Hall–Kier alpha value is -2.53. The van der Waals surface area contributed by atoms with Crippen molar-refractivity contribution in [3.63, 3.8) is 0 Å². The van der Waals surface area contributed by atoms with Gasteiger partial charge in [0, 0.05) is 49.1 Å². The third kappa shape index (κ3) is 3.00. The van der Waals surface area contributed by atoms with Crippen LogP contribution in [-0.4, -0.2) is 26.4 Å². The number of hydrogen-bond acceptors (Lipinski definition) is 5. The van der Waals surface area contributed by atoms with Gasteiger partial charge in [-0.2, -0.15) is 0 Å². The number of rotatable bonds is 3. The third-order valence-electron chi connectivity index (χ3n) is 4.09. The fraction of sp³-hybridized carbons (Fsp3) is 0.278. The highest BCUT2D eigenvalue weighted by Gasteiger charge is 2.19. The molecule has 1 aromatic carbocycles. The monoisotopic (exact) mass is 306 g/mol. The van der Waals surface area contributed by atoms with Gasteiger partial charge in [-0.1, -0.05) is 18.2 Å². The van der Waals surface area contributed by atoms with Gasteiger partial charge in [0.15, 0.2) is 0 Å². The van der Waals surface area contributed by atoms with Crippen LogP contribution in [0.15, 0.2) is 47.2 Å². The summed E-state index contributed by atoms with van der Waals surface area (Å²) in [5.41, 5.74) is 4.36. The zero-order chi connectivity index (χ0) is 15.6. The van der Waals surface area contributed by atoms with Crippen LogP contribution in [-0.2, 0) is 19.5 Å². The molecule has 0 aliphatic carbocycles. The average Bonchev–Trinajstić information content (AvgIpc) is 3.04. The number of nitrogens with zero attached hydrogens (tertiary/aromatic N) is 4. The minimum absolute atomic E-state index is 0.678. The van der Waals surface area contributed by atoms with E-state index in [0.717, 1.165) is 43.1 Å². The van der Waals surface area contributed by atoms with E-state index in [2.05, 4.69) is 19.9 Å². The first kappa shape index (κ1) is 14.1. The molecule has 23 heavy (non-hydrogen) atoms. The van der Waals surface area contributed by atoms with Gasteiger partial charge in [-0.05, 0) is 19.1 Å². The van der Waals surface area contributed by atoms with Crippen LogP contribution < -0.4 is 0 Å². The highest BCUT2D eigenvalue weighted by Crippen LogP contribution is 2.21. The van der Waals surface area contributed by atoms with E-state index < -0.39 is 0 Å². The van der Waals surface area contributed by atoms with Crippen molar-refractivity contribution < 1.29 is 4.42 Å². The van der Waals surface area contributed by atoms with E-state index in [1.165, 1.54) is 11.3 Å². The summed E-state index contributed by atoms with van der Waals surface area (Å²) in [6.45, 7) is 4.57. The van der Waals surface area contributed by atoms with Crippen LogP contribution in [0.2, 0.25) is 0 Å². The van der Waals surface area contributed by atoms with E-state index in [-0.39, 0.29) is 0 Å². The maximum absolute atomic E-state index is 5.61. The Labute approximate surface area is 135 Å². The highest BCUT2D eigenvalue weighted by atomic mass is 16.3. The van der Waals surface area contributed by atoms with Crippen LogP contribution in [0.1, 0.15) is 22.8 Å². The first-order valence-corrected chi connectivity index (χ1v) is 7.81. The van der Waals surface area contributed by atoms with Crippen LogP contribution in [0.3, 0.4) is 0 Å². The lowest BCUT2D eigenvalue weighted by Crippen LogP contribution is -2.31. The molecule has 0 bridgehead atoms. The van der Waals surface area contributed by atoms with E-state index in [4.69, 9.17) is 4.42 Å². The Morgan fingerprint density at radius 2 is 2.04 bits per heavy atom. The first-order valence-electron chi connectivity index (χ1n) is 7.81. The summed E-state index contributed by atoms with van der Waals surface area (Å²) >= 11 is 0. The number of benzene rings is 1. The summed E-state index contributed by atoms with van der Waals surface area (Å²) in [4.78, 5) is 15.8. The van der Waals surface area contributed by atoms with Crippen molar-refractivity contribution in [2.45, 2.75) is 26.4 Å². The maximum atomic E-state index is 5.61. The second kappa shape index (κ2) is 5.93. The molecule has 0 unspecified atom stereocenters. The largest absolute Gasteiger partial charge is 0.444 e. The summed E-state index contributed by atoms with van der Waals surface area (Å²) < 4.78 is 5.61. The molecule has 1 aliphatic heterocycles. The van der Waals surface area contributed by atoms with E-state index in [0.29, 0.717) is 5.89 Å². The van der Waals surface area contributed by atoms with Gasteiger partial charge in [-0.25, -0.2) is 15.0 Å². The molecule has 0 saturated carbocycles. The van der Waals surface area contributed by atoms with E-state index in [1.54, 1.807) is 6.26 Å². The molecule has 0 N–H and O–H groups in total. The van der Waals surface area contributed by atoms with Crippen molar-refractivity contribution in [2.75, 3.05) is 6.54 Å². The standard InChI is InChI=1S/C18H18N4O/c1-13-19-9-15-10-22(8-7-17(15)20-13)11-16-12-23-18(21-16)14-5-3-2-4-6-14/h2-6,9,12H,7-8,10-11H2,1H3.